The minimum Gasteiger partial charge on any atom is -0.324 e. The lowest BCUT2D eigenvalue weighted by Gasteiger charge is -2.40. The molecule has 2 fully saturated rings. The van der Waals surface area contributed by atoms with E-state index in [4.69, 9.17) is 5.73 Å². The third-order valence-electron chi connectivity index (χ3n) is 5.65. The fourth-order valence-corrected chi connectivity index (χ4v) is 4.21. The second kappa shape index (κ2) is 9.18. The van der Waals surface area contributed by atoms with E-state index < -0.39 is 30.3 Å². The van der Waals surface area contributed by atoms with Gasteiger partial charge in [-0.1, -0.05) is 5.18 Å². The van der Waals surface area contributed by atoms with E-state index in [0.717, 1.165) is 12.1 Å². The van der Waals surface area contributed by atoms with Crippen LogP contribution in [0.1, 0.15) is 18.4 Å². The number of carbonyl (C=O) groups is 1. The molecule has 2 saturated heterocycles. The molecule has 2 aliphatic heterocycles. The van der Waals surface area contributed by atoms with E-state index in [0.29, 0.717) is 5.69 Å². The Kier molecular flexibility index (Phi) is 6.85. The van der Waals surface area contributed by atoms with Crippen molar-refractivity contribution < 1.29 is 9.18 Å². The van der Waals surface area contributed by atoms with Crippen LogP contribution in [0.3, 0.4) is 0 Å². The molecule has 1 aromatic heterocycles. The molecule has 29 heavy (non-hydrogen) atoms. The van der Waals surface area contributed by atoms with Crippen LogP contribution in [0.15, 0.2) is 23.6 Å². The lowest BCUT2D eigenvalue weighted by molar-refractivity contribution is -0.124. The summed E-state index contributed by atoms with van der Waals surface area (Å²) in [6.07, 6.45) is 0.339. The van der Waals surface area contributed by atoms with E-state index in [1.165, 1.54) is 0 Å². The number of nitrogens with zero attached hydrogens (tertiary/aromatic N) is 4. The van der Waals surface area contributed by atoms with Gasteiger partial charge in [-0.2, -0.15) is 0 Å². The Morgan fingerprint density at radius 2 is 2.21 bits per heavy atom. The maximum Gasteiger partial charge on any atom is 0.234 e. The average Bonchev–Trinajstić information content (AvgIpc) is 3.02. The van der Waals surface area contributed by atoms with Gasteiger partial charge < -0.3 is 11.1 Å². The van der Waals surface area contributed by atoms with Gasteiger partial charge >= 0.3 is 0 Å². The quantitative estimate of drug-likeness (QED) is 0.477. The van der Waals surface area contributed by atoms with Crippen molar-refractivity contribution >= 4 is 11.6 Å². The average molecular weight is 408 g/mol. The number of nitrogens with two attached hydrogens (primary N) is 1. The molecule has 3 rings (SSSR count). The van der Waals surface area contributed by atoms with Gasteiger partial charge in [0, 0.05) is 44.8 Å². The zero-order chi connectivity index (χ0) is 21.1. The summed E-state index contributed by atoms with van der Waals surface area (Å²) in [6, 6.07) is 2.06. The summed E-state index contributed by atoms with van der Waals surface area (Å²) in [5.41, 5.74) is 10.7. The summed E-state index contributed by atoms with van der Waals surface area (Å²) in [5.74, 6) is -1.29. The number of carbonyl (C=O) groups excluding carboxylic acids is 1. The smallest absolute Gasteiger partial charge is 0.234 e. The molecule has 1 amide bonds. The second-order valence-corrected chi connectivity index (χ2v) is 7.87. The zero-order valence-corrected chi connectivity index (χ0v) is 16.9. The molecule has 6 unspecified atom stereocenters. The Morgan fingerprint density at radius 1 is 1.45 bits per heavy atom. The Hall–Kier alpha value is -2.05. The molecule has 0 spiro atoms. The van der Waals surface area contributed by atoms with Crippen LogP contribution in [0.25, 0.3) is 0 Å². The monoisotopic (exact) mass is 408 g/mol. The summed E-state index contributed by atoms with van der Waals surface area (Å²) in [7, 11) is 3.64. The number of alkyl halides is 1. The van der Waals surface area contributed by atoms with Crippen LogP contribution in [0.5, 0.6) is 0 Å². The summed E-state index contributed by atoms with van der Waals surface area (Å²) >= 11 is 0. The molecule has 5 N–H and O–H groups in total. The molecule has 0 saturated carbocycles. The highest BCUT2D eigenvalue weighted by molar-refractivity contribution is 5.94. The Morgan fingerprint density at radius 3 is 2.83 bits per heavy atom. The van der Waals surface area contributed by atoms with Crippen LogP contribution in [0.2, 0.25) is 0 Å². The number of anilines is 1. The highest BCUT2D eigenvalue weighted by Crippen LogP contribution is 2.31. The fraction of sp³-hybridized carbons (Fsp3) is 0.667. The van der Waals surface area contributed by atoms with Gasteiger partial charge in [0.05, 0.1) is 18.1 Å². The van der Waals surface area contributed by atoms with Gasteiger partial charge in [0.25, 0.3) is 0 Å². The predicted octanol–water partition coefficient (Wildman–Crippen LogP) is -0.191. The lowest BCUT2D eigenvalue weighted by Crippen LogP contribution is -2.62. The number of amides is 1. The van der Waals surface area contributed by atoms with Crippen LogP contribution < -0.4 is 21.8 Å². The van der Waals surface area contributed by atoms with E-state index in [-0.39, 0.29) is 25.0 Å². The van der Waals surface area contributed by atoms with E-state index >= 15 is 0 Å². The van der Waals surface area contributed by atoms with Gasteiger partial charge in [0.2, 0.25) is 5.91 Å². The summed E-state index contributed by atoms with van der Waals surface area (Å²) in [6.45, 7) is 3.07. The van der Waals surface area contributed by atoms with E-state index in [9.17, 15) is 14.1 Å². The molecule has 160 valence electrons. The van der Waals surface area contributed by atoms with Crippen molar-refractivity contribution in [2.24, 2.45) is 16.8 Å². The zero-order valence-electron chi connectivity index (χ0n) is 16.9. The topological polar surface area (TPSA) is 128 Å². The Balaban J connectivity index is 1.83. The summed E-state index contributed by atoms with van der Waals surface area (Å²) < 4.78 is 13.7. The molecule has 1 aromatic rings. The summed E-state index contributed by atoms with van der Waals surface area (Å²) in [5, 5.41) is 10.7. The number of hydrazine groups is 1. The molecular weight excluding hydrogens is 379 g/mol. The van der Waals surface area contributed by atoms with Crippen LogP contribution >= 0.6 is 0 Å². The fourth-order valence-electron chi connectivity index (χ4n) is 4.21. The number of halogens is 1. The van der Waals surface area contributed by atoms with Crippen LogP contribution in [0.4, 0.5) is 10.1 Å². The number of likely N-dealkylation sites (N-methyl/N-ethyl adjacent to an activating group) is 1. The molecular formula is C18H29FN8O2. The first kappa shape index (κ1) is 21.7. The van der Waals surface area contributed by atoms with Gasteiger partial charge in [-0.15, -0.1) is 4.91 Å². The van der Waals surface area contributed by atoms with Gasteiger partial charge in [-0.05, 0) is 25.6 Å². The maximum absolute atomic E-state index is 13.7. The Labute approximate surface area is 169 Å². The predicted molar refractivity (Wildman–Crippen MR) is 107 cm³/mol. The third-order valence-corrected chi connectivity index (χ3v) is 5.65. The number of nitroso groups, excluding NO2 is 1. The molecule has 0 bridgehead atoms. The van der Waals surface area contributed by atoms with Crippen molar-refractivity contribution in [1.82, 2.24) is 25.6 Å². The molecule has 10 nitrogen and oxygen atoms in total. The number of rotatable bonds is 6. The van der Waals surface area contributed by atoms with Crippen LogP contribution in [0, 0.1) is 10.8 Å². The highest BCUT2D eigenvalue weighted by atomic mass is 19.1. The van der Waals surface area contributed by atoms with Crippen LogP contribution in [-0.2, 0) is 4.79 Å². The van der Waals surface area contributed by atoms with E-state index in [1.54, 1.807) is 24.3 Å². The number of nitrogens with one attached hydrogen (secondary N) is 3. The highest BCUT2D eigenvalue weighted by Gasteiger charge is 2.40. The molecule has 0 radical (unpaired) electrons. The van der Waals surface area contributed by atoms with Crippen molar-refractivity contribution in [2.45, 2.75) is 37.4 Å². The first-order chi connectivity index (χ1) is 13.8. The number of aromatic nitrogens is 1. The number of pyridine rings is 1. The molecule has 6 atom stereocenters. The number of hydrogen-bond donors (Lipinski definition) is 4. The van der Waals surface area contributed by atoms with Gasteiger partial charge in [0.1, 0.15) is 12.1 Å². The van der Waals surface area contributed by atoms with Gasteiger partial charge in [-0.3, -0.25) is 25.4 Å². The van der Waals surface area contributed by atoms with E-state index in [1.807, 2.05) is 18.1 Å². The Bertz CT molecular complexity index is 738. The molecule has 0 aliphatic carbocycles. The first-order valence-corrected chi connectivity index (χ1v) is 9.69. The van der Waals surface area contributed by atoms with Crippen molar-refractivity contribution in [1.29, 1.82) is 0 Å². The van der Waals surface area contributed by atoms with Crippen LogP contribution in [-0.4, -0.2) is 79.1 Å². The van der Waals surface area contributed by atoms with Crippen molar-refractivity contribution in [3.63, 3.8) is 0 Å². The third kappa shape index (κ3) is 4.75. The molecule has 3 heterocycles. The normalized spacial score (nSPS) is 30.7. The van der Waals surface area contributed by atoms with Crippen molar-refractivity contribution in [3.8, 4) is 0 Å². The van der Waals surface area contributed by atoms with Crippen molar-refractivity contribution in [3.05, 3.63) is 28.9 Å². The SMILES string of the molecule is CC1NN(C)CC1c1ccncc1NC(=O)C(C(N)N=O)C1NCC(F)CN1C. The minimum atomic E-state index is -1.27. The minimum absolute atomic E-state index is 0.0834. The number of hydrogen-bond acceptors (Lipinski definition) is 9. The maximum atomic E-state index is 13.7. The van der Waals surface area contributed by atoms with Gasteiger partial charge in [-0.25, -0.2) is 9.40 Å². The van der Waals surface area contributed by atoms with Crippen molar-refractivity contribution in [2.75, 3.05) is 39.0 Å². The summed E-state index contributed by atoms with van der Waals surface area (Å²) in [4.78, 5) is 30.1. The largest absolute Gasteiger partial charge is 0.324 e. The standard InChI is InChI=1S/C18H29FN8O2/c1-10-13(9-27(3)24-10)12-4-5-21-7-14(12)23-18(28)15(16(20)25-29)17-22-6-11(19)8-26(17)2/h4-5,7,10-11,13,15-17,22,24H,6,8-9,20H2,1-3H3,(H,23,28). The molecule has 0 aromatic carbocycles. The van der Waals surface area contributed by atoms with Gasteiger partial charge in [0.15, 0.2) is 6.17 Å². The molecule has 2 aliphatic rings. The lowest BCUT2D eigenvalue weighted by atomic mass is 9.93. The second-order valence-electron chi connectivity index (χ2n) is 7.87. The molecule has 11 heteroatoms. The van der Waals surface area contributed by atoms with E-state index in [2.05, 4.69) is 33.1 Å². The first-order valence-electron chi connectivity index (χ1n) is 9.69.